The monoisotopic (exact) mass is 511 g/mol. The van der Waals surface area contributed by atoms with Crippen LogP contribution in [0.5, 0.6) is 5.75 Å². The highest BCUT2D eigenvalue weighted by atomic mass is 127. The number of aliphatic imine (C=N–C) groups is 1. The van der Waals surface area contributed by atoms with Gasteiger partial charge in [0.15, 0.2) is 5.96 Å². The van der Waals surface area contributed by atoms with Crippen molar-refractivity contribution in [1.82, 2.24) is 10.6 Å². The SMILES string of the molecule is CCNC(=NCC1(CCO)CCOC1)NCC(C)Oc1ccc(Cl)cc1.I. The summed E-state index contributed by atoms with van der Waals surface area (Å²) in [6.07, 6.45) is 1.62. The van der Waals surface area contributed by atoms with E-state index >= 15 is 0 Å². The topological polar surface area (TPSA) is 75.1 Å². The summed E-state index contributed by atoms with van der Waals surface area (Å²) in [5.74, 6) is 1.54. The van der Waals surface area contributed by atoms with E-state index in [2.05, 4.69) is 10.6 Å². The molecule has 0 saturated carbocycles. The molecule has 0 spiro atoms. The van der Waals surface area contributed by atoms with Crippen molar-refractivity contribution in [2.45, 2.75) is 32.8 Å². The van der Waals surface area contributed by atoms with Crippen LogP contribution in [0.2, 0.25) is 5.02 Å². The third-order valence-corrected chi connectivity index (χ3v) is 4.70. The molecule has 0 radical (unpaired) electrons. The number of hydrogen-bond donors (Lipinski definition) is 3. The molecule has 0 amide bonds. The molecule has 1 aliphatic rings. The summed E-state index contributed by atoms with van der Waals surface area (Å²) in [6, 6.07) is 7.34. The predicted molar refractivity (Wildman–Crippen MR) is 121 cm³/mol. The van der Waals surface area contributed by atoms with Crippen molar-refractivity contribution in [3.05, 3.63) is 29.3 Å². The maximum Gasteiger partial charge on any atom is 0.191 e. The fourth-order valence-corrected chi connectivity index (χ4v) is 3.03. The number of aliphatic hydroxyl groups is 1. The first-order chi connectivity index (χ1) is 12.6. The molecular weight excluding hydrogens is 481 g/mol. The van der Waals surface area contributed by atoms with Gasteiger partial charge in [-0.15, -0.1) is 24.0 Å². The molecule has 0 aliphatic carbocycles. The molecule has 0 aromatic heterocycles. The summed E-state index contributed by atoms with van der Waals surface area (Å²) < 4.78 is 11.4. The van der Waals surface area contributed by atoms with E-state index in [1.807, 2.05) is 38.1 Å². The van der Waals surface area contributed by atoms with Crippen molar-refractivity contribution in [2.24, 2.45) is 10.4 Å². The number of nitrogens with one attached hydrogen (secondary N) is 2. The molecule has 1 heterocycles. The van der Waals surface area contributed by atoms with Crippen molar-refractivity contribution < 1.29 is 14.6 Å². The van der Waals surface area contributed by atoms with Crippen LogP contribution >= 0.6 is 35.6 Å². The molecule has 1 aromatic carbocycles. The number of hydrogen-bond acceptors (Lipinski definition) is 4. The molecule has 1 fully saturated rings. The molecule has 6 nitrogen and oxygen atoms in total. The highest BCUT2D eigenvalue weighted by Gasteiger charge is 2.34. The van der Waals surface area contributed by atoms with Gasteiger partial charge in [0, 0.05) is 30.2 Å². The van der Waals surface area contributed by atoms with Gasteiger partial charge in [-0.2, -0.15) is 0 Å². The Morgan fingerprint density at radius 3 is 2.70 bits per heavy atom. The normalized spacial score (nSPS) is 20.7. The van der Waals surface area contributed by atoms with E-state index in [1.165, 1.54) is 0 Å². The van der Waals surface area contributed by atoms with Gasteiger partial charge < -0.3 is 25.2 Å². The third kappa shape index (κ3) is 8.41. The molecule has 3 N–H and O–H groups in total. The van der Waals surface area contributed by atoms with Gasteiger partial charge in [0.05, 0.1) is 19.7 Å². The third-order valence-electron chi connectivity index (χ3n) is 4.45. The lowest BCUT2D eigenvalue weighted by molar-refractivity contribution is 0.131. The van der Waals surface area contributed by atoms with E-state index in [-0.39, 0.29) is 42.1 Å². The molecule has 2 unspecified atom stereocenters. The van der Waals surface area contributed by atoms with Gasteiger partial charge in [-0.3, -0.25) is 4.99 Å². The van der Waals surface area contributed by atoms with Gasteiger partial charge in [-0.1, -0.05) is 11.6 Å². The van der Waals surface area contributed by atoms with Crippen LogP contribution in [0.3, 0.4) is 0 Å². The molecule has 27 heavy (non-hydrogen) atoms. The number of guanidine groups is 1. The van der Waals surface area contributed by atoms with Gasteiger partial charge >= 0.3 is 0 Å². The Hall–Kier alpha value is -0.770. The quantitative estimate of drug-likeness (QED) is 0.270. The summed E-state index contributed by atoms with van der Waals surface area (Å²) in [5, 5.41) is 16.6. The van der Waals surface area contributed by atoms with E-state index in [0.717, 1.165) is 31.3 Å². The van der Waals surface area contributed by atoms with Crippen LogP contribution in [0.25, 0.3) is 0 Å². The molecule has 8 heteroatoms. The lowest BCUT2D eigenvalue weighted by atomic mass is 9.84. The first-order valence-corrected chi connectivity index (χ1v) is 9.58. The lowest BCUT2D eigenvalue weighted by Gasteiger charge is -2.25. The fraction of sp³-hybridized carbons (Fsp3) is 0.632. The second-order valence-electron chi connectivity index (χ2n) is 6.73. The van der Waals surface area contributed by atoms with Crippen LogP contribution in [0.1, 0.15) is 26.7 Å². The number of nitrogens with zero attached hydrogens (tertiary/aromatic N) is 1. The fourth-order valence-electron chi connectivity index (χ4n) is 2.90. The number of rotatable bonds is 9. The van der Waals surface area contributed by atoms with E-state index in [1.54, 1.807) is 0 Å². The van der Waals surface area contributed by atoms with Crippen molar-refractivity contribution >= 4 is 41.5 Å². The van der Waals surface area contributed by atoms with Gasteiger partial charge in [0.2, 0.25) is 0 Å². The molecule has 2 atom stereocenters. The Balaban J connectivity index is 0.00000364. The number of ether oxygens (including phenoxy) is 2. The standard InChI is InChI=1S/C19H30ClN3O3.HI/c1-3-21-18(23-13-19(8-10-24)9-11-25-14-19)22-12-15(2)26-17-6-4-16(20)5-7-17;/h4-7,15,24H,3,8-14H2,1-2H3,(H2,21,22,23);1H. The van der Waals surface area contributed by atoms with Crippen LogP contribution in [0.4, 0.5) is 0 Å². The van der Waals surface area contributed by atoms with Gasteiger partial charge in [0.25, 0.3) is 0 Å². The molecular formula is C19H31ClIN3O3. The van der Waals surface area contributed by atoms with Crippen molar-refractivity contribution in [2.75, 3.05) is 39.5 Å². The van der Waals surface area contributed by atoms with Crippen LogP contribution < -0.4 is 15.4 Å². The average molecular weight is 512 g/mol. The summed E-state index contributed by atoms with van der Waals surface area (Å²) in [5.41, 5.74) is -0.0531. The van der Waals surface area contributed by atoms with Crippen LogP contribution in [-0.2, 0) is 4.74 Å². The molecule has 0 bridgehead atoms. The lowest BCUT2D eigenvalue weighted by Crippen LogP contribution is -2.42. The first-order valence-electron chi connectivity index (χ1n) is 9.20. The van der Waals surface area contributed by atoms with Crippen molar-refractivity contribution in [1.29, 1.82) is 0 Å². The zero-order valence-electron chi connectivity index (χ0n) is 16.0. The van der Waals surface area contributed by atoms with Crippen LogP contribution in [0.15, 0.2) is 29.3 Å². The Kier molecular flexibility index (Phi) is 11.4. The Labute approximate surface area is 184 Å². The van der Waals surface area contributed by atoms with Gasteiger partial charge in [-0.25, -0.2) is 0 Å². The van der Waals surface area contributed by atoms with E-state index < -0.39 is 0 Å². The molecule has 154 valence electrons. The second-order valence-corrected chi connectivity index (χ2v) is 7.17. The number of benzene rings is 1. The maximum absolute atomic E-state index is 9.33. The minimum atomic E-state index is -0.0531. The van der Waals surface area contributed by atoms with E-state index in [0.29, 0.717) is 31.1 Å². The highest BCUT2D eigenvalue weighted by Crippen LogP contribution is 2.32. The average Bonchev–Trinajstić information content (AvgIpc) is 3.08. The van der Waals surface area contributed by atoms with Crippen molar-refractivity contribution in [3.63, 3.8) is 0 Å². The Morgan fingerprint density at radius 2 is 2.11 bits per heavy atom. The predicted octanol–water partition coefficient (Wildman–Crippen LogP) is 3.07. The summed E-state index contributed by atoms with van der Waals surface area (Å²) >= 11 is 5.89. The smallest absolute Gasteiger partial charge is 0.191 e. The number of halogens is 2. The van der Waals surface area contributed by atoms with Crippen LogP contribution in [-0.4, -0.2) is 56.6 Å². The summed E-state index contributed by atoms with van der Waals surface area (Å²) in [4.78, 5) is 4.71. The molecule has 2 rings (SSSR count). The summed E-state index contributed by atoms with van der Waals surface area (Å²) in [6.45, 7) is 7.64. The minimum absolute atomic E-state index is 0. The van der Waals surface area contributed by atoms with E-state index in [9.17, 15) is 5.11 Å². The maximum atomic E-state index is 9.33. The Morgan fingerprint density at radius 1 is 1.37 bits per heavy atom. The zero-order valence-corrected chi connectivity index (χ0v) is 19.1. The second kappa shape index (κ2) is 12.6. The van der Waals surface area contributed by atoms with E-state index in [4.69, 9.17) is 26.1 Å². The zero-order chi connectivity index (χ0) is 18.8. The van der Waals surface area contributed by atoms with Crippen LogP contribution in [0, 0.1) is 5.41 Å². The largest absolute Gasteiger partial charge is 0.489 e. The number of aliphatic hydroxyl groups excluding tert-OH is 1. The summed E-state index contributed by atoms with van der Waals surface area (Å²) in [7, 11) is 0. The first kappa shape index (κ1) is 24.3. The van der Waals surface area contributed by atoms with Crippen molar-refractivity contribution in [3.8, 4) is 5.75 Å². The molecule has 1 aliphatic heterocycles. The van der Waals surface area contributed by atoms with Gasteiger partial charge in [-0.05, 0) is 51.0 Å². The molecule has 1 aromatic rings. The highest BCUT2D eigenvalue weighted by molar-refractivity contribution is 14.0. The van der Waals surface area contributed by atoms with Gasteiger partial charge in [0.1, 0.15) is 11.9 Å². The Bertz CT molecular complexity index is 566. The minimum Gasteiger partial charge on any atom is -0.489 e. The molecule has 1 saturated heterocycles.